The van der Waals surface area contributed by atoms with Gasteiger partial charge in [0.2, 0.25) is 0 Å². The zero-order chi connectivity index (χ0) is 9.14. The average molecular weight is 333 g/mol. The molecule has 66 valence electrons. The molecule has 0 saturated carbocycles. The molecule has 0 atom stereocenters. The Morgan fingerprint density at radius 3 is 2.25 bits per heavy atom. The van der Waals surface area contributed by atoms with E-state index < -0.39 is 0 Å². The molecule has 0 aliphatic carbocycles. The lowest BCUT2D eigenvalue weighted by molar-refractivity contribution is 1.30. The predicted molar refractivity (Wildman–Crippen MR) is 61.7 cm³/mol. The molecule has 0 aliphatic rings. The van der Waals surface area contributed by atoms with Gasteiger partial charge in [-0.05, 0) is 17.2 Å². The van der Waals surface area contributed by atoms with Gasteiger partial charge in [0, 0.05) is 10.7 Å². The number of benzene rings is 1. The molecule has 0 aliphatic heterocycles. The van der Waals surface area contributed by atoms with Gasteiger partial charge in [-0.3, -0.25) is 0 Å². The van der Waals surface area contributed by atoms with Gasteiger partial charge in [0.15, 0.2) is 0 Å². The van der Waals surface area contributed by atoms with E-state index >= 15 is 0 Å². The van der Waals surface area contributed by atoms with Gasteiger partial charge in [-0.2, -0.15) is 0 Å². The zero-order valence-corrected chi connectivity index (χ0v) is 10.8. The summed E-state index contributed by atoms with van der Waals surface area (Å²) in [4.78, 5) is 0. The largest absolute Gasteiger partial charge is 0.0876 e. The monoisotopic (exact) mass is 330 g/mol. The fourth-order valence-electron chi connectivity index (χ4n) is 0.902. The van der Waals surface area contributed by atoms with Gasteiger partial charge in [-0.25, -0.2) is 0 Å². The fourth-order valence-corrected chi connectivity index (χ4v) is 2.66. The van der Waals surface area contributed by atoms with E-state index in [0.717, 1.165) is 16.2 Å². The summed E-state index contributed by atoms with van der Waals surface area (Å²) in [6.45, 7) is 0. The molecule has 4 heteroatoms. The number of halogens is 4. The Kier molecular flexibility index (Phi) is 4.38. The molecule has 0 spiro atoms. The third kappa shape index (κ3) is 2.16. The molecule has 1 aromatic rings. The van der Waals surface area contributed by atoms with Crippen molar-refractivity contribution in [3.05, 3.63) is 33.3 Å². The number of hydrogen-bond acceptors (Lipinski definition) is 0. The second-order valence-corrected chi connectivity index (χ2v) is 4.17. The van der Waals surface area contributed by atoms with Crippen LogP contribution in [0.5, 0.6) is 0 Å². The summed E-state index contributed by atoms with van der Waals surface area (Å²) >= 11 is 18.6. The van der Waals surface area contributed by atoms with Crippen LogP contribution < -0.4 is 0 Å². The van der Waals surface area contributed by atoms with Gasteiger partial charge in [0.25, 0.3) is 0 Å². The minimum Gasteiger partial charge on any atom is -0.0876 e. The Hall–Kier alpha value is 0.760. The van der Waals surface area contributed by atoms with Crippen LogP contribution >= 0.6 is 55.1 Å². The molecular weight excluding hydrogens is 327 g/mol. The van der Waals surface area contributed by atoms with Gasteiger partial charge in [0.1, 0.15) is 0 Å². The predicted octanol–water partition coefficient (Wildman–Crippen LogP) is 4.78. The molecule has 0 unspecified atom stereocenters. The second kappa shape index (κ2) is 4.85. The molecule has 1 rings (SSSR count). The van der Waals surface area contributed by atoms with Crippen molar-refractivity contribution in [2.75, 3.05) is 0 Å². The van der Waals surface area contributed by atoms with Crippen LogP contribution in [0.2, 0.25) is 10.0 Å². The summed E-state index contributed by atoms with van der Waals surface area (Å²) in [5, 5.41) is 2.78. The standard InChI is InChI=1S/C8H6Br2Cl2/c9-3-5-1-2-7(11)8(12)6(5)4-10/h1-2H,3-4H2. The zero-order valence-electron chi connectivity index (χ0n) is 6.08. The molecule has 1 aromatic carbocycles. The van der Waals surface area contributed by atoms with Crippen LogP contribution in [0.4, 0.5) is 0 Å². The van der Waals surface area contributed by atoms with E-state index in [0.29, 0.717) is 10.0 Å². The van der Waals surface area contributed by atoms with E-state index in [4.69, 9.17) is 23.2 Å². The van der Waals surface area contributed by atoms with E-state index in [1.807, 2.05) is 12.1 Å². The van der Waals surface area contributed by atoms with Crippen LogP contribution in [0.15, 0.2) is 12.1 Å². The smallest absolute Gasteiger partial charge is 0.0635 e. The van der Waals surface area contributed by atoms with Gasteiger partial charge in [0.05, 0.1) is 10.0 Å². The maximum Gasteiger partial charge on any atom is 0.0635 e. The summed E-state index contributed by atoms with van der Waals surface area (Å²) in [7, 11) is 0. The van der Waals surface area contributed by atoms with Crippen LogP contribution in [0, 0.1) is 0 Å². The van der Waals surface area contributed by atoms with Gasteiger partial charge >= 0.3 is 0 Å². The molecule has 0 heterocycles. The van der Waals surface area contributed by atoms with Crippen molar-refractivity contribution in [2.45, 2.75) is 10.7 Å². The highest BCUT2D eigenvalue weighted by molar-refractivity contribution is 9.09. The molecule has 0 N–H and O–H groups in total. The van der Waals surface area contributed by atoms with Crippen molar-refractivity contribution in [1.29, 1.82) is 0 Å². The van der Waals surface area contributed by atoms with Crippen LogP contribution in [-0.2, 0) is 10.7 Å². The van der Waals surface area contributed by atoms with E-state index in [1.54, 1.807) is 0 Å². The molecule has 0 radical (unpaired) electrons. The molecule has 0 bridgehead atoms. The van der Waals surface area contributed by atoms with Crippen molar-refractivity contribution in [3.8, 4) is 0 Å². The van der Waals surface area contributed by atoms with E-state index in [-0.39, 0.29) is 0 Å². The molecule has 0 amide bonds. The second-order valence-electron chi connectivity index (χ2n) is 2.27. The van der Waals surface area contributed by atoms with E-state index in [2.05, 4.69) is 31.9 Å². The minimum atomic E-state index is 0.607. The van der Waals surface area contributed by atoms with Crippen molar-refractivity contribution in [1.82, 2.24) is 0 Å². The Bertz CT molecular complexity index is 287. The lowest BCUT2D eigenvalue weighted by Gasteiger charge is -2.07. The third-order valence-electron chi connectivity index (χ3n) is 1.57. The fraction of sp³-hybridized carbons (Fsp3) is 0.250. The first kappa shape index (κ1) is 10.8. The average Bonchev–Trinajstić information content (AvgIpc) is 2.09. The highest BCUT2D eigenvalue weighted by atomic mass is 79.9. The molecule has 0 saturated heterocycles. The van der Waals surface area contributed by atoms with Gasteiger partial charge in [-0.15, -0.1) is 0 Å². The lowest BCUT2D eigenvalue weighted by atomic mass is 10.1. The van der Waals surface area contributed by atoms with Crippen LogP contribution in [-0.4, -0.2) is 0 Å². The quantitative estimate of drug-likeness (QED) is 0.683. The van der Waals surface area contributed by atoms with Crippen molar-refractivity contribution in [2.24, 2.45) is 0 Å². The molecule has 0 fully saturated rings. The van der Waals surface area contributed by atoms with Crippen LogP contribution in [0.25, 0.3) is 0 Å². The third-order valence-corrected chi connectivity index (χ3v) is 3.58. The topological polar surface area (TPSA) is 0 Å². The van der Waals surface area contributed by atoms with Gasteiger partial charge in [-0.1, -0.05) is 61.1 Å². The van der Waals surface area contributed by atoms with Crippen LogP contribution in [0.1, 0.15) is 11.1 Å². The SMILES string of the molecule is Clc1ccc(CBr)c(CBr)c1Cl. The summed E-state index contributed by atoms with van der Waals surface area (Å²) in [6.07, 6.45) is 0. The summed E-state index contributed by atoms with van der Waals surface area (Å²) in [6, 6.07) is 3.78. The normalized spacial score (nSPS) is 10.3. The Morgan fingerprint density at radius 2 is 1.75 bits per heavy atom. The first-order valence-corrected chi connectivity index (χ1v) is 6.28. The highest BCUT2D eigenvalue weighted by Crippen LogP contribution is 2.31. The Balaban J connectivity index is 3.25. The summed E-state index contributed by atoms with van der Waals surface area (Å²) in [5.74, 6) is 0. The first-order valence-electron chi connectivity index (χ1n) is 3.28. The number of hydrogen-bond donors (Lipinski definition) is 0. The Morgan fingerprint density at radius 1 is 1.08 bits per heavy atom. The molecule has 12 heavy (non-hydrogen) atoms. The highest BCUT2D eigenvalue weighted by Gasteiger charge is 2.07. The van der Waals surface area contributed by atoms with E-state index in [9.17, 15) is 0 Å². The maximum atomic E-state index is 5.99. The lowest BCUT2D eigenvalue weighted by Crippen LogP contribution is -1.89. The van der Waals surface area contributed by atoms with Crippen molar-refractivity contribution >= 4 is 55.1 Å². The van der Waals surface area contributed by atoms with Gasteiger partial charge < -0.3 is 0 Å². The molecule has 0 aromatic heterocycles. The summed E-state index contributed by atoms with van der Waals surface area (Å²) < 4.78 is 0. The number of alkyl halides is 2. The first-order chi connectivity index (χ1) is 5.70. The maximum absolute atomic E-state index is 5.99. The van der Waals surface area contributed by atoms with Crippen LogP contribution in [0.3, 0.4) is 0 Å². The number of rotatable bonds is 2. The molecule has 0 nitrogen and oxygen atoms in total. The summed E-state index contributed by atoms with van der Waals surface area (Å²) in [5.41, 5.74) is 2.22. The van der Waals surface area contributed by atoms with Crippen molar-refractivity contribution in [3.63, 3.8) is 0 Å². The molecular formula is C8H6Br2Cl2. The Labute approximate surface area is 98.5 Å². The minimum absolute atomic E-state index is 0.607. The van der Waals surface area contributed by atoms with Crippen molar-refractivity contribution < 1.29 is 0 Å². The van der Waals surface area contributed by atoms with E-state index in [1.165, 1.54) is 5.56 Å².